The van der Waals surface area contributed by atoms with Crippen molar-refractivity contribution < 1.29 is 9.47 Å². The van der Waals surface area contributed by atoms with Crippen molar-refractivity contribution in [2.75, 3.05) is 13.2 Å². The topological polar surface area (TPSA) is 18.5 Å². The predicted molar refractivity (Wildman–Crippen MR) is 72.1 cm³/mol. The van der Waals surface area contributed by atoms with Gasteiger partial charge in [-0.3, -0.25) is 0 Å². The van der Waals surface area contributed by atoms with Crippen molar-refractivity contribution in [2.45, 2.75) is 45.8 Å². The zero-order chi connectivity index (χ0) is 12.8. The van der Waals surface area contributed by atoms with Crippen molar-refractivity contribution in [3.05, 3.63) is 23.3 Å². The van der Waals surface area contributed by atoms with Crippen LogP contribution in [0.25, 0.3) is 0 Å². The molecule has 3 aliphatic rings. The van der Waals surface area contributed by atoms with Crippen molar-refractivity contribution in [1.29, 1.82) is 0 Å². The SMILES string of the molecule is CC1=C2C=C[C@@H](C)[C@H]2CC(C2(C)OCCO2)CC1. The monoisotopic (exact) mass is 248 g/mol. The summed E-state index contributed by atoms with van der Waals surface area (Å²) in [4.78, 5) is 0. The van der Waals surface area contributed by atoms with Gasteiger partial charge in [-0.2, -0.15) is 0 Å². The molecule has 1 unspecified atom stereocenters. The third-order valence-corrected chi connectivity index (χ3v) is 5.11. The Hall–Kier alpha value is -0.600. The van der Waals surface area contributed by atoms with Crippen LogP contribution in [0.2, 0.25) is 0 Å². The molecule has 0 N–H and O–H groups in total. The first kappa shape index (κ1) is 12.4. The van der Waals surface area contributed by atoms with Crippen LogP contribution in [0.3, 0.4) is 0 Å². The Morgan fingerprint density at radius 1 is 1.28 bits per heavy atom. The highest BCUT2D eigenvalue weighted by Crippen LogP contribution is 2.46. The summed E-state index contributed by atoms with van der Waals surface area (Å²) in [5.41, 5.74) is 3.16. The van der Waals surface area contributed by atoms with E-state index in [-0.39, 0.29) is 5.79 Å². The van der Waals surface area contributed by atoms with Gasteiger partial charge in [-0.25, -0.2) is 0 Å². The molecule has 0 amide bonds. The molecule has 3 atom stereocenters. The molecule has 100 valence electrons. The Bertz CT molecular complexity index is 388. The minimum absolute atomic E-state index is 0.335. The van der Waals surface area contributed by atoms with E-state index in [1.54, 1.807) is 11.1 Å². The van der Waals surface area contributed by atoms with Gasteiger partial charge in [0.25, 0.3) is 0 Å². The largest absolute Gasteiger partial charge is 0.348 e. The Morgan fingerprint density at radius 3 is 2.72 bits per heavy atom. The molecule has 1 heterocycles. The highest BCUT2D eigenvalue weighted by Gasteiger charge is 2.43. The van der Waals surface area contributed by atoms with Gasteiger partial charge in [-0.1, -0.05) is 24.6 Å². The van der Waals surface area contributed by atoms with Gasteiger partial charge in [-0.15, -0.1) is 0 Å². The molecule has 0 aromatic carbocycles. The highest BCUT2D eigenvalue weighted by molar-refractivity contribution is 5.35. The molecule has 2 nitrogen and oxygen atoms in total. The maximum Gasteiger partial charge on any atom is 0.168 e. The fourth-order valence-electron chi connectivity index (χ4n) is 3.80. The molecule has 1 saturated heterocycles. The third-order valence-electron chi connectivity index (χ3n) is 5.11. The number of hydrogen-bond donors (Lipinski definition) is 0. The quantitative estimate of drug-likeness (QED) is 0.704. The van der Waals surface area contributed by atoms with Gasteiger partial charge < -0.3 is 9.47 Å². The van der Waals surface area contributed by atoms with Crippen LogP contribution in [0.4, 0.5) is 0 Å². The van der Waals surface area contributed by atoms with Crippen LogP contribution in [-0.2, 0) is 9.47 Å². The van der Waals surface area contributed by atoms with E-state index >= 15 is 0 Å². The normalized spacial score (nSPS) is 38.9. The fraction of sp³-hybridized carbons (Fsp3) is 0.750. The van der Waals surface area contributed by atoms with Crippen molar-refractivity contribution in [1.82, 2.24) is 0 Å². The first-order valence-corrected chi connectivity index (χ1v) is 7.26. The van der Waals surface area contributed by atoms with E-state index in [9.17, 15) is 0 Å². The summed E-state index contributed by atoms with van der Waals surface area (Å²) >= 11 is 0. The Kier molecular flexibility index (Phi) is 3.11. The molecule has 1 fully saturated rings. The van der Waals surface area contributed by atoms with Crippen LogP contribution in [0.1, 0.15) is 40.0 Å². The second-order valence-corrected chi connectivity index (χ2v) is 6.24. The van der Waals surface area contributed by atoms with Gasteiger partial charge in [-0.05, 0) is 50.5 Å². The molecule has 1 aliphatic heterocycles. The second kappa shape index (κ2) is 4.50. The first-order chi connectivity index (χ1) is 8.60. The van der Waals surface area contributed by atoms with Gasteiger partial charge >= 0.3 is 0 Å². The lowest BCUT2D eigenvalue weighted by molar-refractivity contribution is -0.186. The molecule has 3 rings (SSSR count). The average Bonchev–Trinajstić information content (AvgIpc) is 2.88. The molecule has 0 aromatic heterocycles. The van der Waals surface area contributed by atoms with Gasteiger partial charge in [0.1, 0.15) is 0 Å². The minimum Gasteiger partial charge on any atom is -0.348 e. The molecule has 2 aliphatic carbocycles. The number of allylic oxidation sites excluding steroid dienone is 4. The fourth-order valence-corrected chi connectivity index (χ4v) is 3.80. The molecule has 2 heteroatoms. The van der Waals surface area contributed by atoms with Crippen LogP contribution in [0, 0.1) is 17.8 Å². The van der Waals surface area contributed by atoms with E-state index in [4.69, 9.17) is 9.47 Å². The van der Waals surface area contributed by atoms with Crippen LogP contribution in [0.15, 0.2) is 23.3 Å². The van der Waals surface area contributed by atoms with Crippen molar-refractivity contribution in [3.63, 3.8) is 0 Å². The summed E-state index contributed by atoms with van der Waals surface area (Å²) in [6.45, 7) is 8.28. The molecule has 0 aromatic rings. The third kappa shape index (κ3) is 1.96. The van der Waals surface area contributed by atoms with Crippen molar-refractivity contribution in [3.8, 4) is 0 Å². The molecule has 0 bridgehead atoms. The predicted octanol–water partition coefficient (Wildman–Crippen LogP) is 3.69. The van der Waals surface area contributed by atoms with Gasteiger partial charge in [0.15, 0.2) is 5.79 Å². The summed E-state index contributed by atoms with van der Waals surface area (Å²) < 4.78 is 11.8. The molecule has 0 radical (unpaired) electrons. The van der Waals surface area contributed by atoms with Crippen LogP contribution < -0.4 is 0 Å². The minimum atomic E-state index is -0.335. The van der Waals surface area contributed by atoms with E-state index in [2.05, 4.69) is 32.9 Å². The summed E-state index contributed by atoms with van der Waals surface area (Å²) in [6.07, 6.45) is 8.31. The van der Waals surface area contributed by atoms with E-state index in [0.717, 1.165) is 13.2 Å². The lowest BCUT2D eigenvalue weighted by Crippen LogP contribution is -2.37. The van der Waals surface area contributed by atoms with Gasteiger partial charge in [0.05, 0.1) is 13.2 Å². The lowest BCUT2D eigenvalue weighted by Gasteiger charge is -2.34. The van der Waals surface area contributed by atoms with Crippen LogP contribution >= 0.6 is 0 Å². The number of hydrogen-bond acceptors (Lipinski definition) is 2. The van der Waals surface area contributed by atoms with Crippen molar-refractivity contribution >= 4 is 0 Å². The van der Waals surface area contributed by atoms with Crippen LogP contribution in [-0.4, -0.2) is 19.0 Å². The molecular weight excluding hydrogens is 224 g/mol. The molecule has 18 heavy (non-hydrogen) atoms. The van der Waals surface area contributed by atoms with Crippen molar-refractivity contribution in [2.24, 2.45) is 17.8 Å². The summed E-state index contributed by atoms with van der Waals surface area (Å²) in [5, 5.41) is 0. The average molecular weight is 248 g/mol. The zero-order valence-electron chi connectivity index (χ0n) is 11.7. The maximum atomic E-state index is 5.89. The van der Waals surface area contributed by atoms with E-state index in [0.29, 0.717) is 17.8 Å². The van der Waals surface area contributed by atoms with E-state index in [1.807, 2.05) is 0 Å². The van der Waals surface area contributed by atoms with E-state index < -0.39 is 0 Å². The summed E-state index contributed by atoms with van der Waals surface area (Å²) in [5.74, 6) is 1.54. The van der Waals surface area contributed by atoms with E-state index in [1.165, 1.54) is 19.3 Å². The number of ether oxygens (including phenoxy) is 2. The molecule has 0 saturated carbocycles. The Labute approximate surface area is 110 Å². The smallest absolute Gasteiger partial charge is 0.168 e. The second-order valence-electron chi connectivity index (χ2n) is 6.24. The maximum absolute atomic E-state index is 5.89. The first-order valence-electron chi connectivity index (χ1n) is 7.26. The summed E-state index contributed by atoms with van der Waals surface area (Å²) in [7, 11) is 0. The lowest BCUT2D eigenvalue weighted by atomic mass is 9.82. The van der Waals surface area contributed by atoms with Gasteiger partial charge in [0, 0.05) is 5.92 Å². The standard InChI is InChI=1S/C16H24O2/c1-11-4-6-13(16(3)17-8-9-18-16)10-15-12(2)5-7-14(11)15/h5,7,12-13,15H,4,6,8-10H2,1-3H3/t12-,13?,15-/m1/s1. The van der Waals surface area contributed by atoms with Gasteiger partial charge in [0.2, 0.25) is 0 Å². The Balaban J connectivity index is 1.82. The molecule has 0 spiro atoms. The summed E-state index contributed by atoms with van der Waals surface area (Å²) in [6, 6.07) is 0. The van der Waals surface area contributed by atoms with Crippen LogP contribution in [0.5, 0.6) is 0 Å². The zero-order valence-corrected chi connectivity index (χ0v) is 11.7. The number of fused-ring (bicyclic) bond motifs is 1. The molecular formula is C16H24O2. The Morgan fingerprint density at radius 2 is 2.00 bits per heavy atom. The number of rotatable bonds is 1. The highest BCUT2D eigenvalue weighted by atomic mass is 16.7.